The van der Waals surface area contributed by atoms with Gasteiger partial charge in [-0.3, -0.25) is 14.7 Å². The van der Waals surface area contributed by atoms with E-state index in [1.165, 1.54) is 6.07 Å². The van der Waals surface area contributed by atoms with E-state index < -0.39 is 9.84 Å². The molecule has 6 rings (SSSR count). The number of sulfone groups is 1. The number of ether oxygens (including phenoxy) is 1. The average molecular weight is 601 g/mol. The molecule has 5 heterocycles. The van der Waals surface area contributed by atoms with E-state index in [9.17, 15) is 13.2 Å². The number of hydrogen-bond donors (Lipinski definition) is 1. The van der Waals surface area contributed by atoms with Gasteiger partial charge >= 0.3 is 0 Å². The van der Waals surface area contributed by atoms with Gasteiger partial charge in [-0.1, -0.05) is 12.1 Å². The fourth-order valence-corrected chi connectivity index (χ4v) is 6.95. The highest BCUT2D eigenvalue weighted by atomic mass is 32.2. The molecular weight excluding hydrogens is 564 g/mol. The van der Waals surface area contributed by atoms with E-state index in [2.05, 4.69) is 33.1 Å². The van der Waals surface area contributed by atoms with Gasteiger partial charge in [0.15, 0.2) is 9.84 Å². The van der Waals surface area contributed by atoms with Crippen molar-refractivity contribution in [1.82, 2.24) is 25.2 Å². The third-order valence-corrected chi connectivity index (χ3v) is 9.70. The molecule has 0 radical (unpaired) electrons. The molecular formula is C32H36N6O4S. The number of pyridine rings is 3. The molecule has 0 saturated carbocycles. The van der Waals surface area contributed by atoms with E-state index in [0.29, 0.717) is 11.3 Å². The Kier molecular flexibility index (Phi) is 7.89. The van der Waals surface area contributed by atoms with Gasteiger partial charge < -0.3 is 15.0 Å². The summed E-state index contributed by atoms with van der Waals surface area (Å²) in [4.78, 5) is 32.2. The second-order valence-corrected chi connectivity index (χ2v) is 13.6. The lowest BCUT2D eigenvalue weighted by molar-refractivity contribution is -0.00888. The summed E-state index contributed by atoms with van der Waals surface area (Å²) in [5.41, 5.74) is 3.94. The van der Waals surface area contributed by atoms with Gasteiger partial charge in [-0.2, -0.15) is 0 Å². The molecule has 0 aliphatic carbocycles. The number of rotatable bonds is 7. The number of carbonyl (C=O) groups excluding carboxylic acids is 1. The van der Waals surface area contributed by atoms with Crippen molar-refractivity contribution in [1.29, 1.82) is 0 Å². The molecule has 0 unspecified atom stereocenters. The highest BCUT2D eigenvalue weighted by Gasteiger charge is 2.40. The third-order valence-electron chi connectivity index (χ3n) is 8.46. The first kappa shape index (κ1) is 29.2. The summed E-state index contributed by atoms with van der Waals surface area (Å²) in [6.45, 7) is 9.62. The van der Waals surface area contributed by atoms with Crippen LogP contribution in [0.25, 0.3) is 22.3 Å². The lowest BCUT2D eigenvalue weighted by Gasteiger charge is -2.40. The zero-order chi connectivity index (χ0) is 30.2. The normalized spacial score (nSPS) is 19.6. The van der Waals surface area contributed by atoms with Crippen molar-refractivity contribution >= 4 is 32.5 Å². The van der Waals surface area contributed by atoms with Crippen LogP contribution in [0.3, 0.4) is 0 Å². The summed E-state index contributed by atoms with van der Waals surface area (Å²) >= 11 is 0. The number of nitrogens with one attached hydrogen (secondary N) is 1. The molecule has 2 aliphatic rings. The summed E-state index contributed by atoms with van der Waals surface area (Å²) in [6.07, 6.45) is 3.96. The Hall–Kier alpha value is -3.93. The van der Waals surface area contributed by atoms with Crippen LogP contribution in [0.2, 0.25) is 0 Å². The Labute approximate surface area is 252 Å². The molecule has 4 aromatic rings. The molecule has 43 heavy (non-hydrogen) atoms. The summed E-state index contributed by atoms with van der Waals surface area (Å²) in [6, 6.07) is 16.5. The number of amides is 1. The van der Waals surface area contributed by atoms with E-state index in [4.69, 9.17) is 14.7 Å². The maximum absolute atomic E-state index is 12.8. The monoisotopic (exact) mass is 600 g/mol. The van der Waals surface area contributed by atoms with Gasteiger partial charge in [0.05, 0.1) is 47.3 Å². The molecule has 10 nitrogen and oxygen atoms in total. The van der Waals surface area contributed by atoms with Crippen molar-refractivity contribution < 1.29 is 17.9 Å². The Morgan fingerprint density at radius 2 is 1.81 bits per heavy atom. The molecule has 2 aliphatic heterocycles. The highest BCUT2D eigenvalue weighted by Crippen LogP contribution is 2.32. The fraction of sp³-hybridized carbons (Fsp3) is 0.375. The molecule has 3 aromatic heterocycles. The van der Waals surface area contributed by atoms with Gasteiger partial charge in [0, 0.05) is 55.1 Å². The molecule has 1 N–H and O–H groups in total. The Morgan fingerprint density at radius 1 is 1.02 bits per heavy atom. The van der Waals surface area contributed by atoms with Crippen LogP contribution in [0.15, 0.2) is 65.7 Å². The van der Waals surface area contributed by atoms with Crippen molar-refractivity contribution in [3.8, 4) is 11.4 Å². The van der Waals surface area contributed by atoms with Gasteiger partial charge in [-0.25, -0.2) is 18.4 Å². The van der Waals surface area contributed by atoms with Crippen molar-refractivity contribution in [2.24, 2.45) is 0 Å². The topological polar surface area (TPSA) is 118 Å². The van der Waals surface area contributed by atoms with E-state index in [0.717, 1.165) is 80.2 Å². The Balaban J connectivity index is 1.17. The molecule has 2 fully saturated rings. The van der Waals surface area contributed by atoms with Crippen molar-refractivity contribution in [2.75, 3.05) is 50.5 Å². The number of morpholine rings is 1. The quantitative estimate of drug-likeness (QED) is 0.339. The summed E-state index contributed by atoms with van der Waals surface area (Å²) in [5, 5.41) is 3.72. The fourth-order valence-electron chi connectivity index (χ4n) is 5.96. The Morgan fingerprint density at radius 3 is 2.60 bits per heavy atom. The number of aromatic nitrogens is 3. The van der Waals surface area contributed by atoms with Crippen LogP contribution < -0.4 is 10.2 Å². The number of fused-ring (bicyclic) bond motifs is 1. The van der Waals surface area contributed by atoms with Crippen LogP contribution in [0, 0.1) is 6.92 Å². The predicted octanol–water partition coefficient (Wildman–Crippen LogP) is 3.63. The van der Waals surface area contributed by atoms with E-state index in [1.54, 1.807) is 25.3 Å². The minimum atomic E-state index is -3.44. The predicted molar refractivity (Wildman–Crippen MR) is 166 cm³/mol. The van der Waals surface area contributed by atoms with Gasteiger partial charge in [0.25, 0.3) is 5.91 Å². The highest BCUT2D eigenvalue weighted by molar-refractivity contribution is 7.90. The van der Waals surface area contributed by atoms with E-state index in [1.807, 2.05) is 30.3 Å². The first-order valence-electron chi connectivity index (χ1n) is 14.5. The number of aryl methyl sites for hydroxylation is 1. The molecule has 1 atom stereocenters. The van der Waals surface area contributed by atoms with E-state index in [-0.39, 0.29) is 28.4 Å². The third kappa shape index (κ3) is 6.24. The van der Waals surface area contributed by atoms with Crippen LogP contribution in [-0.4, -0.2) is 85.4 Å². The maximum atomic E-state index is 12.8. The SMILES string of the molecule is Cc1ccc(C(=O)NCc2cc3nc(-c4cccc(N5CC[C@](C)(N6CCOCC6)C5)n4)ccc3cn2)cc1S(C)(=O)=O. The molecule has 0 spiro atoms. The van der Waals surface area contributed by atoms with Crippen LogP contribution in [0.5, 0.6) is 0 Å². The minimum absolute atomic E-state index is 0.108. The van der Waals surface area contributed by atoms with Crippen molar-refractivity contribution in [3.63, 3.8) is 0 Å². The molecule has 2 saturated heterocycles. The largest absolute Gasteiger partial charge is 0.379 e. The zero-order valence-electron chi connectivity index (χ0n) is 24.7. The number of nitrogens with zero attached hydrogens (tertiary/aromatic N) is 5. The number of carbonyl (C=O) groups is 1. The first-order chi connectivity index (χ1) is 20.6. The second-order valence-electron chi connectivity index (χ2n) is 11.6. The average Bonchev–Trinajstić information content (AvgIpc) is 3.43. The standard InChI is InChI=1S/C32H36N6O4S/c1-22-7-8-23(17-29(22)43(3,40)41)31(39)34-20-25-18-28-24(19-33-25)9-10-27(35-28)26-5-4-6-30(36-26)37-12-11-32(2,21-37)38-13-15-42-16-14-38/h4-10,17-19H,11-16,20-21H2,1-3H3,(H,34,39)/t32-/m0/s1. The number of anilines is 1. The first-order valence-corrected chi connectivity index (χ1v) is 16.4. The lowest BCUT2D eigenvalue weighted by Crippen LogP contribution is -2.53. The van der Waals surface area contributed by atoms with Crippen molar-refractivity contribution in [3.05, 3.63) is 77.6 Å². The second kappa shape index (κ2) is 11.6. The van der Waals surface area contributed by atoms with E-state index >= 15 is 0 Å². The van der Waals surface area contributed by atoms with Crippen LogP contribution in [0.4, 0.5) is 5.82 Å². The lowest BCUT2D eigenvalue weighted by atomic mass is 9.98. The molecule has 1 aromatic carbocycles. The number of benzene rings is 1. The molecule has 1 amide bonds. The van der Waals surface area contributed by atoms with Crippen LogP contribution >= 0.6 is 0 Å². The smallest absolute Gasteiger partial charge is 0.251 e. The van der Waals surface area contributed by atoms with Gasteiger partial charge in [-0.05, 0) is 68.3 Å². The van der Waals surface area contributed by atoms with Crippen LogP contribution in [0.1, 0.15) is 35.0 Å². The minimum Gasteiger partial charge on any atom is -0.379 e. The van der Waals surface area contributed by atoms with Crippen molar-refractivity contribution in [2.45, 2.75) is 37.2 Å². The zero-order valence-corrected chi connectivity index (χ0v) is 25.5. The molecule has 11 heteroatoms. The molecule has 0 bridgehead atoms. The Bertz CT molecular complexity index is 1790. The summed E-state index contributed by atoms with van der Waals surface area (Å²) < 4.78 is 29.7. The summed E-state index contributed by atoms with van der Waals surface area (Å²) in [7, 11) is -3.44. The van der Waals surface area contributed by atoms with Gasteiger partial charge in [-0.15, -0.1) is 0 Å². The maximum Gasteiger partial charge on any atom is 0.251 e. The molecule has 224 valence electrons. The van der Waals surface area contributed by atoms with Gasteiger partial charge in [0.1, 0.15) is 5.82 Å². The van der Waals surface area contributed by atoms with Crippen LogP contribution in [-0.2, 0) is 21.1 Å². The number of hydrogen-bond acceptors (Lipinski definition) is 9. The van der Waals surface area contributed by atoms with Gasteiger partial charge in [0.2, 0.25) is 0 Å². The summed E-state index contributed by atoms with van der Waals surface area (Å²) in [5.74, 6) is 0.575.